The van der Waals surface area contributed by atoms with Crippen molar-refractivity contribution in [3.63, 3.8) is 0 Å². The van der Waals surface area contributed by atoms with E-state index in [1.54, 1.807) is 41.5 Å². The molecule has 0 bridgehead atoms. The summed E-state index contributed by atoms with van der Waals surface area (Å²) in [4.78, 5) is 14.6. The number of halogens is 3. The standard InChI is InChI=1S/C30H36F3N3O5S/c1-27(2,3)41-26(37)36-28(4,5)40-19-29(36,6)25-35-34-24(42-25)21-13-14-23(22(17-21)30(31,32)33)39-16-10-15-38-18-20-11-8-7-9-12-20/h7-9,11-14,17H,10,15-16,18-19H2,1-6H3. The van der Waals surface area contributed by atoms with E-state index >= 15 is 0 Å². The third-order valence-electron chi connectivity index (χ3n) is 6.53. The van der Waals surface area contributed by atoms with Crippen LogP contribution in [0.25, 0.3) is 10.6 Å². The van der Waals surface area contributed by atoms with Gasteiger partial charge in [0, 0.05) is 12.0 Å². The van der Waals surface area contributed by atoms with Crippen molar-refractivity contribution >= 4 is 17.4 Å². The highest BCUT2D eigenvalue weighted by molar-refractivity contribution is 7.14. The molecule has 1 saturated heterocycles. The van der Waals surface area contributed by atoms with E-state index in [-0.39, 0.29) is 29.5 Å². The Kier molecular flexibility index (Phi) is 9.19. The molecule has 228 valence electrons. The normalized spacial score (nSPS) is 18.7. The van der Waals surface area contributed by atoms with Gasteiger partial charge in [-0.3, -0.25) is 4.90 Å². The minimum atomic E-state index is -4.65. The molecule has 0 spiro atoms. The second-order valence-corrected chi connectivity index (χ2v) is 12.7. The lowest BCUT2D eigenvalue weighted by atomic mass is 10.0. The van der Waals surface area contributed by atoms with E-state index < -0.39 is 34.7 Å². The van der Waals surface area contributed by atoms with E-state index in [0.717, 1.165) is 23.0 Å². The Morgan fingerprint density at radius 2 is 1.76 bits per heavy atom. The molecule has 8 nitrogen and oxygen atoms in total. The Morgan fingerprint density at radius 1 is 1.05 bits per heavy atom. The number of alkyl halides is 3. The quantitative estimate of drug-likeness (QED) is 0.234. The van der Waals surface area contributed by atoms with E-state index in [1.165, 1.54) is 17.0 Å². The van der Waals surface area contributed by atoms with Crippen LogP contribution in [0.2, 0.25) is 0 Å². The highest BCUT2D eigenvalue weighted by Crippen LogP contribution is 2.45. The first-order chi connectivity index (χ1) is 19.6. The second kappa shape index (κ2) is 12.2. The van der Waals surface area contributed by atoms with Crippen LogP contribution in [0.5, 0.6) is 5.75 Å². The molecule has 1 fully saturated rings. The number of aromatic nitrogens is 2. The minimum Gasteiger partial charge on any atom is -0.493 e. The number of hydrogen-bond acceptors (Lipinski definition) is 8. The Bertz CT molecular complexity index is 1370. The van der Waals surface area contributed by atoms with Crippen molar-refractivity contribution < 1.29 is 36.9 Å². The molecule has 1 aliphatic rings. The molecule has 1 atom stereocenters. The number of rotatable bonds is 9. The number of carbonyl (C=O) groups excluding carboxylic acids is 1. The van der Waals surface area contributed by atoms with Gasteiger partial charge in [0.25, 0.3) is 0 Å². The van der Waals surface area contributed by atoms with Crippen LogP contribution in [0.15, 0.2) is 48.5 Å². The third kappa shape index (κ3) is 7.40. The number of benzene rings is 2. The highest BCUT2D eigenvalue weighted by Gasteiger charge is 2.55. The third-order valence-corrected chi connectivity index (χ3v) is 7.76. The fraction of sp³-hybridized carbons (Fsp3) is 0.500. The molecule has 2 aromatic carbocycles. The second-order valence-electron chi connectivity index (χ2n) is 11.7. The number of ether oxygens (including phenoxy) is 4. The number of hydrogen-bond donors (Lipinski definition) is 0. The fourth-order valence-electron chi connectivity index (χ4n) is 4.60. The first-order valence-electron chi connectivity index (χ1n) is 13.6. The van der Waals surface area contributed by atoms with Crippen LogP contribution >= 0.6 is 11.3 Å². The van der Waals surface area contributed by atoms with Crippen LogP contribution in [0.1, 0.15) is 64.1 Å². The van der Waals surface area contributed by atoms with Gasteiger partial charge in [0.15, 0.2) is 0 Å². The summed E-state index contributed by atoms with van der Waals surface area (Å²) in [6.07, 6.45) is -4.81. The smallest absolute Gasteiger partial charge is 0.419 e. The molecule has 0 aliphatic carbocycles. The molecule has 0 radical (unpaired) electrons. The van der Waals surface area contributed by atoms with Crippen LogP contribution in [0.4, 0.5) is 18.0 Å². The largest absolute Gasteiger partial charge is 0.493 e. The molecule has 42 heavy (non-hydrogen) atoms. The maximum absolute atomic E-state index is 14.0. The summed E-state index contributed by atoms with van der Waals surface area (Å²) in [6.45, 7) is 11.5. The van der Waals surface area contributed by atoms with E-state index in [0.29, 0.717) is 24.6 Å². The molecule has 0 N–H and O–H groups in total. The van der Waals surface area contributed by atoms with E-state index in [9.17, 15) is 18.0 Å². The van der Waals surface area contributed by atoms with Gasteiger partial charge in [-0.2, -0.15) is 13.2 Å². The average Bonchev–Trinajstić information content (AvgIpc) is 3.48. The van der Waals surface area contributed by atoms with Gasteiger partial charge in [-0.05, 0) is 65.3 Å². The monoisotopic (exact) mass is 607 g/mol. The van der Waals surface area contributed by atoms with Gasteiger partial charge in [-0.25, -0.2) is 4.79 Å². The zero-order valence-electron chi connectivity index (χ0n) is 24.6. The van der Waals surface area contributed by atoms with Gasteiger partial charge in [0.1, 0.15) is 32.6 Å². The molecule has 1 aliphatic heterocycles. The summed E-state index contributed by atoms with van der Waals surface area (Å²) in [6, 6.07) is 13.4. The maximum Gasteiger partial charge on any atom is 0.419 e. The summed E-state index contributed by atoms with van der Waals surface area (Å²) in [5.41, 5.74) is -2.44. The fourth-order valence-corrected chi connectivity index (χ4v) is 5.56. The zero-order valence-corrected chi connectivity index (χ0v) is 25.4. The summed E-state index contributed by atoms with van der Waals surface area (Å²) < 4.78 is 64.7. The van der Waals surface area contributed by atoms with E-state index in [1.807, 2.05) is 30.3 Å². The maximum atomic E-state index is 14.0. The molecule has 12 heteroatoms. The van der Waals surface area contributed by atoms with Crippen LogP contribution in [-0.2, 0) is 32.5 Å². The van der Waals surface area contributed by atoms with Crippen molar-refractivity contribution in [1.29, 1.82) is 0 Å². The summed E-state index contributed by atoms with van der Waals surface area (Å²) in [5.74, 6) is -0.270. The molecule has 2 heterocycles. The Hall–Kier alpha value is -3.22. The van der Waals surface area contributed by atoms with Gasteiger partial charge in [0.05, 0.1) is 32.0 Å². The number of nitrogens with zero attached hydrogens (tertiary/aromatic N) is 3. The van der Waals surface area contributed by atoms with Gasteiger partial charge in [-0.1, -0.05) is 41.7 Å². The molecule has 4 rings (SSSR count). The first kappa shape index (κ1) is 31.7. The van der Waals surface area contributed by atoms with Gasteiger partial charge >= 0.3 is 12.3 Å². The van der Waals surface area contributed by atoms with Crippen molar-refractivity contribution in [1.82, 2.24) is 15.1 Å². The predicted octanol–water partition coefficient (Wildman–Crippen LogP) is 7.43. The zero-order chi connectivity index (χ0) is 30.8. The lowest BCUT2D eigenvalue weighted by Gasteiger charge is -2.39. The SMILES string of the molecule is CC(C)(C)OC(=O)N1C(C)(C)OCC1(C)c1nnc(-c2ccc(OCCCOCc3ccccc3)c(C(F)(F)F)c2)s1. The predicted molar refractivity (Wildman–Crippen MR) is 152 cm³/mol. The molecule has 0 saturated carbocycles. The lowest BCUT2D eigenvalue weighted by Crippen LogP contribution is -2.54. The Balaban J connectivity index is 1.48. The highest BCUT2D eigenvalue weighted by atomic mass is 32.1. The van der Waals surface area contributed by atoms with Crippen molar-refractivity contribution in [3.05, 3.63) is 64.7 Å². The average molecular weight is 608 g/mol. The van der Waals surface area contributed by atoms with E-state index in [4.69, 9.17) is 18.9 Å². The van der Waals surface area contributed by atoms with Crippen molar-refractivity contribution in [2.24, 2.45) is 0 Å². The molecule has 1 unspecified atom stereocenters. The summed E-state index contributed by atoms with van der Waals surface area (Å²) in [5, 5.41) is 9.13. The van der Waals surface area contributed by atoms with Crippen molar-refractivity contribution in [3.8, 4) is 16.3 Å². The molecule has 1 aromatic heterocycles. The van der Waals surface area contributed by atoms with Gasteiger partial charge < -0.3 is 18.9 Å². The molecule has 3 aromatic rings. The van der Waals surface area contributed by atoms with Crippen LogP contribution in [0.3, 0.4) is 0 Å². The summed E-state index contributed by atoms with van der Waals surface area (Å²) in [7, 11) is 0. The number of amides is 1. The van der Waals surface area contributed by atoms with Crippen LogP contribution in [0, 0.1) is 0 Å². The minimum absolute atomic E-state index is 0.0643. The van der Waals surface area contributed by atoms with Crippen LogP contribution < -0.4 is 4.74 Å². The van der Waals surface area contributed by atoms with Crippen molar-refractivity contribution in [2.45, 2.75) is 77.6 Å². The van der Waals surface area contributed by atoms with Gasteiger partial charge in [0.2, 0.25) is 0 Å². The molecular weight excluding hydrogens is 571 g/mol. The van der Waals surface area contributed by atoms with E-state index in [2.05, 4.69) is 10.2 Å². The Labute approximate surface area is 247 Å². The van der Waals surface area contributed by atoms with Crippen LogP contribution in [-0.4, -0.2) is 52.3 Å². The number of carbonyl (C=O) groups is 1. The topological polar surface area (TPSA) is 83.0 Å². The van der Waals surface area contributed by atoms with Gasteiger partial charge in [-0.15, -0.1) is 10.2 Å². The molecular formula is C30H36F3N3O5S. The first-order valence-corrected chi connectivity index (χ1v) is 14.4. The Morgan fingerprint density at radius 3 is 2.43 bits per heavy atom. The molecule has 1 amide bonds. The van der Waals surface area contributed by atoms with Crippen molar-refractivity contribution in [2.75, 3.05) is 19.8 Å². The summed E-state index contributed by atoms with van der Waals surface area (Å²) >= 11 is 1.10. The lowest BCUT2D eigenvalue weighted by molar-refractivity contribution is -0.138.